The second-order valence-corrected chi connectivity index (χ2v) is 14.7. The lowest BCUT2D eigenvalue weighted by Crippen LogP contribution is -2.49. The summed E-state index contributed by atoms with van der Waals surface area (Å²) in [4.78, 5) is 25.3. The molecule has 4 rings (SSSR count). The number of rotatable bonds is 6. The third kappa shape index (κ3) is 4.48. The van der Waals surface area contributed by atoms with Crippen LogP contribution < -0.4 is 5.32 Å². The highest BCUT2D eigenvalue weighted by Gasteiger charge is 2.51. The van der Waals surface area contributed by atoms with Gasteiger partial charge >= 0.3 is 0 Å². The SMILES string of the molecule is CC(C)(C)[Si](C)(C)O[C@H]1[C@@H](F)[C@H](n2cnc3c(NC(=O)c4ccccc4)ncnc32)O[C@@H]1CO. The third-order valence-electron chi connectivity index (χ3n) is 6.58. The average Bonchev–Trinajstić information content (AvgIpc) is 3.35. The molecule has 1 aliphatic heterocycles. The zero-order valence-corrected chi connectivity index (χ0v) is 20.9. The highest BCUT2D eigenvalue weighted by atomic mass is 28.4. The number of carbonyl (C=O) groups excluding carboxylic acids is 1. The Balaban J connectivity index is 1.61. The normalized spacial score (nSPS) is 23.4. The van der Waals surface area contributed by atoms with E-state index < -0.39 is 32.9 Å². The molecule has 1 aliphatic rings. The topological polar surface area (TPSA) is 111 Å². The number of imidazole rings is 1. The predicted molar refractivity (Wildman–Crippen MR) is 128 cm³/mol. The van der Waals surface area contributed by atoms with Crippen molar-refractivity contribution >= 4 is 31.2 Å². The Bertz CT molecular complexity index is 1170. The minimum atomic E-state index is -2.33. The number of aromatic nitrogens is 4. The molecule has 9 nitrogen and oxygen atoms in total. The van der Waals surface area contributed by atoms with Gasteiger partial charge in [0.2, 0.25) is 0 Å². The molecule has 3 heterocycles. The fraction of sp³-hybridized carbons (Fsp3) is 0.478. The van der Waals surface area contributed by atoms with Crippen LogP contribution in [0.1, 0.15) is 37.4 Å². The van der Waals surface area contributed by atoms with E-state index >= 15 is 4.39 Å². The summed E-state index contributed by atoms with van der Waals surface area (Å²) in [5, 5.41) is 12.5. The molecule has 1 saturated heterocycles. The Morgan fingerprint density at radius 1 is 1.24 bits per heavy atom. The Morgan fingerprint density at radius 3 is 2.59 bits per heavy atom. The fourth-order valence-corrected chi connectivity index (χ4v) is 4.94. The predicted octanol–water partition coefficient (Wildman–Crippen LogP) is 3.70. The van der Waals surface area contributed by atoms with Gasteiger partial charge in [0.05, 0.1) is 12.9 Å². The number of hydrogen-bond donors (Lipinski definition) is 2. The van der Waals surface area contributed by atoms with Gasteiger partial charge in [-0.15, -0.1) is 0 Å². The number of fused-ring (bicyclic) bond motifs is 1. The molecule has 2 aromatic heterocycles. The maximum absolute atomic E-state index is 15.7. The molecule has 1 amide bonds. The molecule has 0 unspecified atom stereocenters. The van der Waals surface area contributed by atoms with E-state index in [2.05, 4.69) is 41.0 Å². The first kappa shape index (κ1) is 24.4. The molecule has 0 aliphatic carbocycles. The molecule has 0 bridgehead atoms. The van der Waals surface area contributed by atoms with Crippen LogP contribution in [0.3, 0.4) is 0 Å². The van der Waals surface area contributed by atoms with Crippen molar-refractivity contribution in [1.82, 2.24) is 19.5 Å². The van der Waals surface area contributed by atoms with Gasteiger partial charge in [-0.2, -0.15) is 0 Å². The summed E-state index contributed by atoms with van der Waals surface area (Å²) < 4.78 is 29.4. The molecular weight excluding hydrogens is 457 g/mol. The zero-order chi connectivity index (χ0) is 24.7. The number of aliphatic hydroxyl groups excluding tert-OH is 1. The lowest BCUT2D eigenvalue weighted by molar-refractivity contribution is -0.0445. The van der Waals surface area contributed by atoms with Gasteiger partial charge in [-0.3, -0.25) is 9.36 Å². The van der Waals surface area contributed by atoms with E-state index in [-0.39, 0.29) is 23.4 Å². The summed E-state index contributed by atoms with van der Waals surface area (Å²) in [6, 6.07) is 8.71. The Kier molecular flexibility index (Phi) is 6.56. The van der Waals surface area contributed by atoms with Gasteiger partial charge in [-0.25, -0.2) is 19.3 Å². The first-order valence-electron chi connectivity index (χ1n) is 11.2. The summed E-state index contributed by atoms with van der Waals surface area (Å²) in [6.45, 7) is 9.89. The van der Waals surface area contributed by atoms with Gasteiger partial charge in [0, 0.05) is 5.56 Å². The highest BCUT2D eigenvalue weighted by Crippen LogP contribution is 2.42. The number of hydrogen-bond acceptors (Lipinski definition) is 7. The summed E-state index contributed by atoms with van der Waals surface area (Å²) >= 11 is 0. The van der Waals surface area contributed by atoms with Crippen LogP contribution in [0, 0.1) is 0 Å². The van der Waals surface area contributed by atoms with Crippen molar-refractivity contribution in [2.75, 3.05) is 11.9 Å². The second kappa shape index (κ2) is 9.14. The Hall–Kier alpha value is -2.73. The van der Waals surface area contributed by atoms with E-state index in [0.29, 0.717) is 16.7 Å². The molecular formula is C23H30FN5O4Si. The van der Waals surface area contributed by atoms with E-state index in [1.54, 1.807) is 24.3 Å². The van der Waals surface area contributed by atoms with E-state index in [1.165, 1.54) is 17.2 Å². The van der Waals surface area contributed by atoms with Crippen molar-refractivity contribution in [3.05, 3.63) is 48.5 Å². The number of carbonyl (C=O) groups is 1. The monoisotopic (exact) mass is 487 g/mol. The number of alkyl halides is 1. The lowest BCUT2D eigenvalue weighted by Gasteiger charge is -2.39. The molecule has 34 heavy (non-hydrogen) atoms. The molecule has 0 radical (unpaired) electrons. The number of nitrogens with one attached hydrogen (secondary N) is 1. The molecule has 182 valence electrons. The van der Waals surface area contributed by atoms with Crippen LogP contribution >= 0.6 is 0 Å². The smallest absolute Gasteiger partial charge is 0.256 e. The maximum Gasteiger partial charge on any atom is 0.256 e. The van der Waals surface area contributed by atoms with Crippen molar-refractivity contribution in [2.24, 2.45) is 0 Å². The number of aliphatic hydroxyl groups is 1. The Labute approximate surface area is 198 Å². The number of halogens is 1. The van der Waals surface area contributed by atoms with E-state index in [1.807, 2.05) is 19.2 Å². The van der Waals surface area contributed by atoms with E-state index in [0.717, 1.165) is 0 Å². The number of anilines is 1. The largest absolute Gasteiger partial charge is 0.408 e. The lowest BCUT2D eigenvalue weighted by atomic mass is 10.1. The summed E-state index contributed by atoms with van der Waals surface area (Å²) in [5.41, 5.74) is 1.07. The zero-order valence-electron chi connectivity index (χ0n) is 19.9. The van der Waals surface area contributed by atoms with Crippen molar-refractivity contribution < 1.29 is 23.5 Å². The molecule has 11 heteroatoms. The van der Waals surface area contributed by atoms with Crippen molar-refractivity contribution in [3.63, 3.8) is 0 Å². The van der Waals surface area contributed by atoms with Crippen LogP contribution in [0.2, 0.25) is 18.1 Å². The maximum atomic E-state index is 15.7. The van der Waals surface area contributed by atoms with Crippen LogP contribution in [0.5, 0.6) is 0 Å². The Morgan fingerprint density at radius 2 is 1.94 bits per heavy atom. The van der Waals surface area contributed by atoms with Crippen LogP contribution in [0.15, 0.2) is 43.0 Å². The van der Waals surface area contributed by atoms with Gasteiger partial charge in [-0.1, -0.05) is 39.0 Å². The van der Waals surface area contributed by atoms with Gasteiger partial charge in [0.15, 0.2) is 37.7 Å². The standard InChI is InChI=1S/C23H30FN5O4Si/c1-23(2,3)34(4,5)33-18-15(11-30)32-22(16(18)24)29-13-27-17-19(25-12-26-20(17)29)28-21(31)14-9-7-6-8-10-14/h6-10,12-13,15-16,18,22,30H,11H2,1-5H3,(H,25,26,28,31)/t15-,16-,18-,22-/m1/s1. The molecule has 2 N–H and O–H groups in total. The number of benzene rings is 1. The first-order chi connectivity index (χ1) is 16.0. The summed E-state index contributed by atoms with van der Waals surface area (Å²) in [5.74, 6) is -0.141. The van der Waals surface area contributed by atoms with Crippen LogP contribution in [-0.4, -0.2) is 63.8 Å². The van der Waals surface area contributed by atoms with E-state index in [4.69, 9.17) is 9.16 Å². The van der Waals surface area contributed by atoms with Crippen LogP contribution in [0.25, 0.3) is 11.2 Å². The van der Waals surface area contributed by atoms with Gasteiger partial charge in [-0.05, 0) is 30.3 Å². The summed E-state index contributed by atoms with van der Waals surface area (Å²) in [7, 11) is -2.33. The minimum absolute atomic E-state index is 0.133. The molecule has 1 aromatic carbocycles. The molecule has 4 atom stereocenters. The fourth-order valence-electron chi connectivity index (χ4n) is 3.62. The van der Waals surface area contributed by atoms with Crippen molar-refractivity contribution in [3.8, 4) is 0 Å². The number of ether oxygens (including phenoxy) is 1. The van der Waals surface area contributed by atoms with Crippen molar-refractivity contribution in [2.45, 2.75) is 63.5 Å². The molecule has 3 aromatic rings. The molecule has 0 saturated carbocycles. The highest BCUT2D eigenvalue weighted by molar-refractivity contribution is 6.74. The van der Waals surface area contributed by atoms with Gasteiger partial charge in [0.25, 0.3) is 5.91 Å². The number of nitrogens with zero attached hydrogens (tertiary/aromatic N) is 4. The second-order valence-electron chi connectivity index (χ2n) is 9.90. The van der Waals surface area contributed by atoms with Crippen LogP contribution in [0.4, 0.5) is 10.2 Å². The number of amides is 1. The first-order valence-corrected chi connectivity index (χ1v) is 14.1. The van der Waals surface area contributed by atoms with Crippen LogP contribution in [-0.2, 0) is 9.16 Å². The van der Waals surface area contributed by atoms with Crippen molar-refractivity contribution in [1.29, 1.82) is 0 Å². The molecule has 0 spiro atoms. The van der Waals surface area contributed by atoms with E-state index in [9.17, 15) is 9.90 Å². The quantitative estimate of drug-likeness (QED) is 0.510. The van der Waals surface area contributed by atoms with Gasteiger partial charge in [0.1, 0.15) is 18.5 Å². The summed E-state index contributed by atoms with van der Waals surface area (Å²) in [6.07, 6.45) is -1.72. The average molecular weight is 488 g/mol. The molecule has 1 fully saturated rings. The third-order valence-corrected chi connectivity index (χ3v) is 11.1. The minimum Gasteiger partial charge on any atom is -0.408 e. The van der Waals surface area contributed by atoms with Gasteiger partial charge < -0.3 is 19.6 Å².